The van der Waals surface area contributed by atoms with Gasteiger partial charge in [0.25, 0.3) is 0 Å². The molecular formula is C27H19NO6. The minimum Gasteiger partial charge on any atom is -0.480 e. The zero-order valence-corrected chi connectivity index (χ0v) is 18.1. The SMILES string of the molecule is CC(=O)Oc1ccc(N2C(=O)[C@@H]3[C@@H](C2=O)C2c4ccccc4C3(C(=O)O)c3ccccc32)cc1. The molecular weight excluding hydrogens is 434 g/mol. The highest BCUT2D eigenvalue weighted by Gasteiger charge is 2.71. The number of hydrogen-bond acceptors (Lipinski definition) is 5. The summed E-state index contributed by atoms with van der Waals surface area (Å²) in [5.74, 6) is -4.62. The molecule has 0 radical (unpaired) electrons. The molecule has 3 aromatic rings. The van der Waals surface area contributed by atoms with Crippen LogP contribution in [0.2, 0.25) is 0 Å². The molecule has 1 aliphatic heterocycles. The van der Waals surface area contributed by atoms with Crippen LogP contribution in [0.1, 0.15) is 35.1 Å². The standard InChI is InChI=1S/C27H19NO6/c1-14(29)34-16-12-10-15(11-13-16)28-24(30)22-21-17-6-2-4-8-19(17)27(26(32)33,23(22)25(28)31)20-9-5-3-7-18(20)21/h2-13,21-23H,1H3,(H,32,33)/t21?,22-,23-,27?/m0/s1. The first-order valence-corrected chi connectivity index (χ1v) is 11.0. The maximum Gasteiger partial charge on any atom is 0.319 e. The molecule has 4 aliphatic rings. The fourth-order valence-electron chi connectivity index (χ4n) is 6.22. The average Bonchev–Trinajstić information content (AvgIpc) is 3.10. The molecule has 0 unspecified atom stereocenters. The van der Waals surface area contributed by atoms with Crippen LogP contribution in [0.4, 0.5) is 5.69 Å². The molecule has 2 bridgehead atoms. The molecule has 34 heavy (non-hydrogen) atoms. The summed E-state index contributed by atoms with van der Waals surface area (Å²) in [6.45, 7) is 1.28. The number of aliphatic carboxylic acids is 1. The van der Waals surface area contributed by atoms with Gasteiger partial charge in [-0.25, -0.2) is 4.90 Å². The molecule has 0 saturated carbocycles. The molecule has 1 heterocycles. The Morgan fingerprint density at radius 3 is 1.94 bits per heavy atom. The van der Waals surface area contributed by atoms with E-state index in [9.17, 15) is 24.3 Å². The topological polar surface area (TPSA) is 101 Å². The van der Waals surface area contributed by atoms with Gasteiger partial charge in [0, 0.05) is 12.8 Å². The van der Waals surface area contributed by atoms with Crippen molar-refractivity contribution >= 4 is 29.4 Å². The van der Waals surface area contributed by atoms with Crippen LogP contribution >= 0.6 is 0 Å². The van der Waals surface area contributed by atoms with Crippen LogP contribution in [-0.4, -0.2) is 28.9 Å². The van der Waals surface area contributed by atoms with Crippen LogP contribution in [0.3, 0.4) is 0 Å². The van der Waals surface area contributed by atoms with Gasteiger partial charge in [-0.05, 0) is 46.5 Å². The molecule has 1 saturated heterocycles. The number of ether oxygens (including phenoxy) is 1. The predicted molar refractivity (Wildman–Crippen MR) is 120 cm³/mol. The summed E-state index contributed by atoms with van der Waals surface area (Å²) in [6.07, 6.45) is 0. The second-order valence-electron chi connectivity index (χ2n) is 8.87. The Morgan fingerprint density at radius 1 is 0.853 bits per heavy atom. The lowest BCUT2D eigenvalue weighted by Gasteiger charge is -2.51. The summed E-state index contributed by atoms with van der Waals surface area (Å²) in [5.41, 5.74) is 1.34. The molecule has 7 nitrogen and oxygen atoms in total. The monoisotopic (exact) mass is 453 g/mol. The van der Waals surface area contributed by atoms with Crippen molar-refractivity contribution in [3.63, 3.8) is 0 Å². The minimum absolute atomic E-state index is 0.287. The van der Waals surface area contributed by atoms with Crippen LogP contribution in [0.5, 0.6) is 5.75 Å². The summed E-state index contributed by atoms with van der Waals surface area (Å²) >= 11 is 0. The number of carbonyl (C=O) groups excluding carboxylic acids is 3. The van der Waals surface area contributed by atoms with Crippen LogP contribution in [0.15, 0.2) is 72.8 Å². The van der Waals surface area contributed by atoms with E-state index in [-0.39, 0.29) is 5.75 Å². The first-order valence-electron chi connectivity index (χ1n) is 11.0. The van der Waals surface area contributed by atoms with Gasteiger partial charge in [-0.2, -0.15) is 0 Å². The number of hydrogen-bond donors (Lipinski definition) is 1. The molecule has 1 N–H and O–H groups in total. The van der Waals surface area contributed by atoms with Gasteiger partial charge in [0.15, 0.2) is 0 Å². The number of amides is 2. The summed E-state index contributed by atoms with van der Waals surface area (Å²) < 4.78 is 5.05. The lowest BCUT2D eigenvalue weighted by atomic mass is 9.47. The normalized spacial score (nSPS) is 26.0. The van der Waals surface area contributed by atoms with Crippen molar-refractivity contribution in [2.24, 2.45) is 11.8 Å². The zero-order valence-electron chi connectivity index (χ0n) is 18.1. The average molecular weight is 453 g/mol. The smallest absolute Gasteiger partial charge is 0.319 e. The Hall–Kier alpha value is -4.26. The molecule has 2 amide bonds. The summed E-state index contributed by atoms with van der Waals surface area (Å²) in [5, 5.41) is 10.7. The highest BCUT2D eigenvalue weighted by molar-refractivity contribution is 6.25. The van der Waals surface area contributed by atoms with Crippen LogP contribution in [-0.2, 0) is 24.6 Å². The first-order chi connectivity index (χ1) is 16.4. The van der Waals surface area contributed by atoms with Crippen LogP contribution in [0.25, 0.3) is 0 Å². The van der Waals surface area contributed by atoms with Gasteiger partial charge in [-0.3, -0.25) is 19.2 Å². The van der Waals surface area contributed by atoms with E-state index in [0.717, 1.165) is 16.0 Å². The third-order valence-electron chi connectivity index (χ3n) is 7.31. The fraction of sp³-hybridized carbons (Fsp3) is 0.185. The maximum atomic E-state index is 13.9. The number of carbonyl (C=O) groups is 4. The third-order valence-corrected chi connectivity index (χ3v) is 7.31. The molecule has 1 fully saturated rings. The number of anilines is 1. The van der Waals surface area contributed by atoms with E-state index in [1.807, 2.05) is 24.3 Å². The number of nitrogens with zero attached hydrogens (tertiary/aromatic N) is 1. The van der Waals surface area contributed by atoms with Crippen molar-refractivity contribution in [2.75, 3.05) is 4.90 Å². The van der Waals surface area contributed by atoms with E-state index < -0.39 is 46.9 Å². The van der Waals surface area contributed by atoms with Crippen molar-refractivity contribution in [1.82, 2.24) is 0 Å². The molecule has 0 spiro atoms. The highest BCUT2D eigenvalue weighted by Crippen LogP contribution is 2.64. The third kappa shape index (κ3) is 2.36. The summed E-state index contributed by atoms with van der Waals surface area (Å²) in [7, 11) is 0. The number of rotatable bonds is 3. The Kier molecular flexibility index (Phi) is 4.11. The maximum absolute atomic E-state index is 13.9. The van der Waals surface area contributed by atoms with E-state index in [0.29, 0.717) is 16.8 Å². The van der Waals surface area contributed by atoms with Crippen molar-refractivity contribution in [2.45, 2.75) is 18.3 Å². The molecule has 3 aromatic carbocycles. The first kappa shape index (κ1) is 20.4. The van der Waals surface area contributed by atoms with Gasteiger partial charge in [-0.1, -0.05) is 48.5 Å². The fourth-order valence-corrected chi connectivity index (χ4v) is 6.22. The lowest BCUT2D eigenvalue weighted by Crippen LogP contribution is -2.57. The molecule has 2 atom stereocenters. The number of imide groups is 1. The van der Waals surface area contributed by atoms with Gasteiger partial charge >= 0.3 is 11.9 Å². The Labute approximate surface area is 194 Å². The highest BCUT2D eigenvalue weighted by atomic mass is 16.5. The number of carboxylic acids is 1. The molecule has 3 aliphatic carbocycles. The second kappa shape index (κ2) is 6.87. The largest absolute Gasteiger partial charge is 0.480 e. The van der Waals surface area contributed by atoms with E-state index >= 15 is 0 Å². The van der Waals surface area contributed by atoms with Crippen LogP contribution in [0, 0.1) is 11.8 Å². The second-order valence-corrected chi connectivity index (χ2v) is 8.87. The molecule has 7 rings (SSSR count). The van der Waals surface area contributed by atoms with Gasteiger partial charge in [0.05, 0.1) is 17.5 Å². The van der Waals surface area contributed by atoms with Gasteiger partial charge < -0.3 is 9.84 Å². The Morgan fingerprint density at radius 2 is 1.41 bits per heavy atom. The quantitative estimate of drug-likeness (QED) is 0.371. The predicted octanol–water partition coefficient (Wildman–Crippen LogP) is 3.25. The van der Waals surface area contributed by atoms with Crippen molar-refractivity contribution in [3.05, 3.63) is 95.1 Å². The van der Waals surface area contributed by atoms with E-state index in [1.54, 1.807) is 24.3 Å². The Bertz CT molecular complexity index is 1360. The van der Waals surface area contributed by atoms with Crippen molar-refractivity contribution < 1.29 is 29.0 Å². The molecule has 0 aromatic heterocycles. The van der Waals surface area contributed by atoms with Gasteiger partial charge in [0.1, 0.15) is 11.2 Å². The Balaban J connectivity index is 1.56. The zero-order chi connectivity index (χ0) is 23.8. The van der Waals surface area contributed by atoms with E-state index in [1.165, 1.54) is 31.2 Å². The molecule has 168 valence electrons. The number of benzene rings is 3. The lowest BCUT2D eigenvalue weighted by molar-refractivity contribution is -0.149. The minimum atomic E-state index is -1.66. The summed E-state index contributed by atoms with van der Waals surface area (Å²) in [6, 6.07) is 20.5. The van der Waals surface area contributed by atoms with Crippen molar-refractivity contribution in [3.8, 4) is 5.75 Å². The van der Waals surface area contributed by atoms with Gasteiger partial charge in [-0.15, -0.1) is 0 Å². The molecule has 7 heteroatoms. The summed E-state index contributed by atoms with van der Waals surface area (Å²) in [4.78, 5) is 53.1. The number of carboxylic acid groups (broad SMARTS) is 1. The van der Waals surface area contributed by atoms with Crippen LogP contribution < -0.4 is 9.64 Å². The van der Waals surface area contributed by atoms with Gasteiger partial charge in [0.2, 0.25) is 11.8 Å². The van der Waals surface area contributed by atoms with Crippen molar-refractivity contribution in [1.29, 1.82) is 0 Å². The van der Waals surface area contributed by atoms with E-state index in [2.05, 4.69) is 0 Å². The van der Waals surface area contributed by atoms with E-state index in [4.69, 9.17) is 4.74 Å². The number of esters is 1.